The molecule has 1 amide bonds. The number of rotatable bonds is 8. The first-order valence-corrected chi connectivity index (χ1v) is 7.02. The van der Waals surface area contributed by atoms with Gasteiger partial charge in [-0.3, -0.25) is 4.79 Å². The first-order chi connectivity index (χ1) is 7.47. The Kier molecular flexibility index (Phi) is 8.76. The van der Waals surface area contributed by atoms with Crippen LogP contribution in [0.5, 0.6) is 0 Å². The highest BCUT2D eigenvalue weighted by atomic mass is 32.2. The first kappa shape index (κ1) is 15.8. The van der Waals surface area contributed by atoms with Gasteiger partial charge in [-0.05, 0) is 30.9 Å². The summed E-state index contributed by atoms with van der Waals surface area (Å²) in [6, 6.07) is 0. The maximum Gasteiger partial charge on any atom is 0.232 e. The molecule has 0 spiro atoms. The molecule has 0 aliphatic rings. The topological polar surface area (TPSA) is 49.3 Å². The second-order valence-electron chi connectivity index (χ2n) is 4.74. The van der Waals surface area contributed by atoms with Crippen molar-refractivity contribution in [2.75, 3.05) is 18.9 Å². The molecule has 96 valence electrons. The second kappa shape index (κ2) is 8.88. The molecule has 0 aliphatic carbocycles. The second-order valence-corrected chi connectivity index (χ2v) is 6.11. The highest BCUT2D eigenvalue weighted by molar-refractivity contribution is 8.00. The lowest BCUT2D eigenvalue weighted by Gasteiger charge is -2.14. The van der Waals surface area contributed by atoms with E-state index in [-0.39, 0.29) is 23.7 Å². The van der Waals surface area contributed by atoms with E-state index >= 15 is 0 Å². The summed E-state index contributed by atoms with van der Waals surface area (Å²) in [7, 11) is 0. The monoisotopic (exact) mass is 247 g/mol. The minimum Gasteiger partial charge on any atom is -0.396 e. The van der Waals surface area contributed by atoms with E-state index in [0.717, 1.165) is 18.7 Å². The molecule has 2 unspecified atom stereocenters. The highest BCUT2D eigenvalue weighted by Crippen LogP contribution is 2.14. The molecular weight excluding hydrogens is 222 g/mol. The van der Waals surface area contributed by atoms with Crippen molar-refractivity contribution in [2.24, 2.45) is 11.8 Å². The lowest BCUT2D eigenvalue weighted by molar-refractivity contribution is -0.120. The third kappa shape index (κ3) is 7.99. The summed E-state index contributed by atoms with van der Waals surface area (Å²) in [4.78, 5) is 11.6. The zero-order valence-electron chi connectivity index (χ0n) is 10.8. The van der Waals surface area contributed by atoms with Gasteiger partial charge in [0.05, 0.1) is 5.25 Å². The fourth-order valence-electron chi connectivity index (χ4n) is 1.06. The van der Waals surface area contributed by atoms with Gasteiger partial charge in [-0.25, -0.2) is 0 Å². The lowest BCUT2D eigenvalue weighted by atomic mass is 10.1. The van der Waals surface area contributed by atoms with Crippen molar-refractivity contribution in [1.29, 1.82) is 0 Å². The summed E-state index contributed by atoms with van der Waals surface area (Å²) < 4.78 is 0. The minimum atomic E-state index is -0.0267. The SMILES string of the molecule is CC(C)CCNC(=O)C(C)SCC(C)CO. The van der Waals surface area contributed by atoms with Gasteiger partial charge in [0.2, 0.25) is 5.91 Å². The van der Waals surface area contributed by atoms with E-state index in [9.17, 15) is 4.79 Å². The molecule has 0 radical (unpaired) electrons. The van der Waals surface area contributed by atoms with Crippen LogP contribution in [0.2, 0.25) is 0 Å². The Labute approximate surface area is 103 Å². The molecule has 0 rings (SSSR count). The zero-order valence-corrected chi connectivity index (χ0v) is 11.6. The van der Waals surface area contributed by atoms with Crippen LogP contribution in [0.3, 0.4) is 0 Å². The van der Waals surface area contributed by atoms with Crippen molar-refractivity contribution in [3.63, 3.8) is 0 Å². The maximum atomic E-state index is 11.6. The molecule has 2 atom stereocenters. The average Bonchev–Trinajstić information content (AvgIpc) is 2.24. The Balaban J connectivity index is 3.65. The van der Waals surface area contributed by atoms with E-state index in [0.29, 0.717) is 5.92 Å². The van der Waals surface area contributed by atoms with Gasteiger partial charge in [-0.1, -0.05) is 20.8 Å². The summed E-state index contributed by atoms with van der Waals surface area (Å²) in [5.41, 5.74) is 0. The summed E-state index contributed by atoms with van der Waals surface area (Å²) >= 11 is 1.60. The quantitative estimate of drug-likeness (QED) is 0.689. The van der Waals surface area contributed by atoms with E-state index in [1.165, 1.54) is 0 Å². The van der Waals surface area contributed by atoms with Crippen molar-refractivity contribution in [3.8, 4) is 0 Å². The van der Waals surface area contributed by atoms with Crippen LogP contribution in [0.25, 0.3) is 0 Å². The number of thioether (sulfide) groups is 1. The molecule has 0 saturated carbocycles. The van der Waals surface area contributed by atoms with Gasteiger partial charge < -0.3 is 10.4 Å². The third-order valence-corrected chi connectivity index (χ3v) is 3.81. The average molecular weight is 247 g/mol. The van der Waals surface area contributed by atoms with Crippen LogP contribution in [-0.4, -0.2) is 35.2 Å². The van der Waals surface area contributed by atoms with Crippen molar-refractivity contribution >= 4 is 17.7 Å². The molecule has 2 N–H and O–H groups in total. The molecule has 0 saturated heterocycles. The standard InChI is InChI=1S/C12H25NO2S/c1-9(2)5-6-13-12(15)11(4)16-8-10(3)7-14/h9-11,14H,5-8H2,1-4H3,(H,13,15). The number of carbonyl (C=O) groups is 1. The molecule has 16 heavy (non-hydrogen) atoms. The van der Waals surface area contributed by atoms with Crippen LogP contribution >= 0.6 is 11.8 Å². The zero-order chi connectivity index (χ0) is 12.6. The minimum absolute atomic E-state index is 0.0267. The van der Waals surface area contributed by atoms with Crippen molar-refractivity contribution in [3.05, 3.63) is 0 Å². The largest absolute Gasteiger partial charge is 0.396 e. The number of aliphatic hydroxyl groups excluding tert-OH is 1. The van der Waals surface area contributed by atoms with Crippen LogP contribution < -0.4 is 5.32 Å². The lowest BCUT2D eigenvalue weighted by Crippen LogP contribution is -2.32. The molecule has 0 aromatic rings. The predicted octanol–water partition coefficient (Wildman–Crippen LogP) is 1.90. The van der Waals surface area contributed by atoms with E-state index in [1.54, 1.807) is 11.8 Å². The fourth-order valence-corrected chi connectivity index (χ4v) is 2.02. The smallest absolute Gasteiger partial charge is 0.232 e. The number of hydrogen-bond acceptors (Lipinski definition) is 3. The highest BCUT2D eigenvalue weighted by Gasteiger charge is 2.14. The van der Waals surface area contributed by atoms with Crippen LogP contribution in [0.4, 0.5) is 0 Å². The molecule has 3 nitrogen and oxygen atoms in total. The van der Waals surface area contributed by atoms with E-state index in [4.69, 9.17) is 5.11 Å². The van der Waals surface area contributed by atoms with Crippen molar-refractivity contribution < 1.29 is 9.90 Å². The molecule has 0 aromatic carbocycles. The Morgan fingerprint density at radius 1 is 1.31 bits per heavy atom. The number of hydrogen-bond donors (Lipinski definition) is 2. The Hall–Kier alpha value is -0.220. The number of nitrogens with one attached hydrogen (secondary N) is 1. The summed E-state index contributed by atoms with van der Waals surface area (Å²) in [6.07, 6.45) is 1.02. The van der Waals surface area contributed by atoms with Gasteiger partial charge >= 0.3 is 0 Å². The molecule has 0 aromatic heterocycles. The van der Waals surface area contributed by atoms with E-state index < -0.39 is 0 Å². The Morgan fingerprint density at radius 2 is 1.94 bits per heavy atom. The number of carbonyl (C=O) groups excluding carboxylic acids is 1. The van der Waals surface area contributed by atoms with Crippen LogP contribution in [0.1, 0.15) is 34.1 Å². The van der Waals surface area contributed by atoms with E-state index in [1.807, 2.05) is 13.8 Å². The molecule has 0 aliphatic heterocycles. The molecule has 0 bridgehead atoms. The van der Waals surface area contributed by atoms with Crippen LogP contribution in [-0.2, 0) is 4.79 Å². The van der Waals surface area contributed by atoms with Gasteiger partial charge in [0.15, 0.2) is 0 Å². The molecule has 0 heterocycles. The molecule has 4 heteroatoms. The van der Waals surface area contributed by atoms with Gasteiger partial charge in [-0.15, -0.1) is 11.8 Å². The number of amides is 1. The summed E-state index contributed by atoms with van der Waals surface area (Å²) in [5.74, 6) is 1.82. The fraction of sp³-hybridized carbons (Fsp3) is 0.917. The van der Waals surface area contributed by atoms with Crippen molar-refractivity contribution in [1.82, 2.24) is 5.32 Å². The number of aliphatic hydroxyl groups is 1. The summed E-state index contributed by atoms with van der Waals surface area (Å²) in [5, 5.41) is 11.8. The molecular formula is C12H25NO2S. The van der Waals surface area contributed by atoms with Gasteiger partial charge in [0.25, 0.3) is 0 Å². The maximum absolute atomic E-state index is 11.6. The Morgan fingerprint density at radius 3 is 2.44 bits per heavy atom. The summed E-state index contributed by atoms with van der Waals surface area (Å²) in [6.45, 7) is 9.14. The Bertz CT molecular complexity index is 197. The van der Waals surface area contributed by atoms with Gasteiger partial charge in [0, 0.05) is 13.2 Å². The van der Waals surface area contributed by atoms with Crippen LogP contribution in [0, 0.1) is 11.8 Å². The predicted molar refractivity (Wildman–Crippen MR) is 70.6 cm³/mol. The van der Waals surface area contributed by atoms with Crippen molar-refractivity contribution in [2.45, 2.75) is 39.4 Å². The van der Waals surface area contributed by atoms with Crippen LogP contribution in [0.15, 0.2) is 0 Å². The van der Waals surface area contributed by atoms with E-state index in [2.05, 4.69) is 19.2 Å². The first-order valence-electron chi connectivity index (χ1n) is 5.97. The van der Waals surface area contributed by atoms with Gasteiger partial charge in [-0.2, -0.15) is 0 Å². The molecule has 0 fully saturated rings. The third-order valence-electron chi connectivity index (χ3n) is 2.33. The normalized spacial score (nSPS) is 14.9. The van der Waals surface area contributed by atoms with Gasteiger partial charge in [0.1, 0.15) is 0 Å².